The van der Waals surface area contributed by atoms with E-state index in [4.69, 9.17) is 0 Å². The zero-order valence-corrected chi connectivity index (χ0v) is 10.4. The quantitative estimate of drug-likeness (QED) is 0.875. The number of aliphatic hydroxyl groups is 1. The van der Waals surface area contributed by atoms with Gasteiger partial charge in [-0.05, 0) is 43.0 Å². The molecule has 2 aromatic rings. The first-order chi connectivity index (χ1) is 8.83. The Kier molecular flexibility index (Phi) is 2.76. The summed E-state index contributed by atoms with van der Waals surface area (Å²) in [6.45, 7) is 2.05. The van der Waals surface area contributed by atoms with Crippen molar-refractivity contribution < 1.29 is 5.11 Å². The molecule has 1 aliphatic heterocycles. The largest absolute Gasteiger partial charge is 0.390 e. The van der Waals surface area contributed by atoms with E-state index in [2.05, 4.69) is 39.9 Å². The number of hydrogen-bond donors (Lipinski definition) is 1. The molecular weight excluding hydrogens is 224 g/mol. The van der Waals surface area contributed by atoms with E-state index in [1.54, 1.807) is 0 Å². The second-order valence-corrected chi connectivity index (χ2v) is 4.55. The molecule has 0 radical (unpaired) electrons. The predicted molar refractivity (Wildman–Crippen MR) is 71.6 cm³/mol. The molecule has 0 fully saturated rings. The number of fused-ring (bicyclic) bond motifs is 3. The van der Waals surface area contributed by atoms with Crippen LogP contribution in [-0.4, -0.2) is 14.7 Å². The first-order valence-electron chi connectivity index (χ1n) is 6.25. The lowest BCUT2D eigenvalue weighted by Crippen LogP contribution is -2.12. The summed E-state index contributed by atoms with van der Waals surface area (Å²) in [5, 5.41) is 9.26. The maximum atomic E-state index is 9.26. The zero-order chi connectivity index (χ0) is 12.5. The van der Waals surface area contributed by atoms with Crippen LogP contribution in [0.5, 0.6) is 0 Å². The smallest absolute Gasteiger partial charge is 0.0998 e. The Balaban J connectivity index is 2.11. The minimum absolute atomic E-state index is 0.0221. The molecule has 1 aromatic carbocycles. The molecule has 18 heavy (non-hydrogen) atoms. The predicted octanol–water partition coefficient (Wildman–Crippen LogP) is 2.50. The van der Waals surface area contributed by atoms with Crippen LogP contribution in [0.3, 0.4) is 0 Å². The van der Waals surface area contributed by atoms with Crippen molar-refractivity contribution in [3.63, 3.8) is 0 Å². The van der Waals surface area contributed by atoms with Gasteiger partial charge in [-0.3, -0.25) is 0 Å². The molecule has 0 amide bonds. The molecular formula is C15H16N2O. The second kappa shape index (κ2) is 4.42. The standard InChI is InChI=1S/C15H16N2O/c1-2-3-11-4-6-14-12(8-11)5-7-15-13(9-18)16-10-17(14)15/h2-4,6,8,10,18H,5,7,9H2,1H3. The van der Waals surface area contributed by atoms with Crippen molar-refractivity contribution in [3.8, 4) is 5.69 Å². The van der Waals surface area contributed by atoms with Gasteiger partial charge in [0.25, 0.3) is 0 Å². The highest BCUT2D eigenvalue weighted by Gasteiger charge is 2.19. The first kappa shape index (κ1) is 11.2. The minimum Gasteiger partial charge on any atom is -0.390 e. The van der Waals surface area contributed by atoms with Crippen LogP contribution >= 0.6 is 0 Å². The van der Waals surface area contributed by atoms with Gasteiger partial charge < -0.3 is 9.67 Å². The molecule has 0 atom stereocenters. The van der Waals surface area contributed by atoms with E-state index < -0.39 is 0 Å². The molecule has 92 valence electrons. The third-order valence-electron chi connectivity index (χ3n) is 3.46. The second-order valence-electron chi connectivity index (χ2n) is 4.55. The lowest BCUT2D eigenvalue weighted by Gasteiger charge is -2.20. The van der Waals surface area contributed by atoms with E-state index in [1.807, 2.05) is 13.3 Å². The Morgan fingerprint density at radius 2 is 2.28 bits per heavy atom. The molecule has 0 saturated heterocycles. The molecule has 1 aromatic heterocycles. The Morgan fingerprint density at radius 3 is 3.06 bits per heavy atom. The summed E-state index contributed by atoms with van der Waals surface area (Å²) in [4.78, 5) is 4.27. The maximum Gasteiger partial charge on any atom is 0.0998 e. The van der Waals surface area contributed by atoms with Crippen LogP contribution in [0.25, 0.3) is 11.8 Å². The van der Waals surface area contributed by atoms with Crippen molar-refractivity contribution in [1.82, 2.24) is 9.55 Å². The van der Waals surface area contributed by atoms with Crippen LogP contribution in [-0.2, 0) is 19.4 Å². The van der Waals surface area contributed by atoms with Gasteiger partial charge in [0.1, 0.15) is 0 Å². The number of aromatic nitrogens is 2. The average molecular weight is 240 g/mol. The van der Waals surface area contributed by atoms with E-state index in [0.717, 1.165) is 24.2 Å². The van der Waals surface area contributed by atoms with E-state index in [1.165, 1.54) is 16.8 Å². The van der Waals surface area contributed by atoms with Crippen molar-refractivity contribution in [2.24, 2.45) is 0 Å². The lowest BCUT2D eigenvalue weighted by molar-refractivity contribution is 0.276. The summed E-state index contributed by atoms with van der Waals surface area (Å²) in [6, 6.07) is 6.49. The van der Waals surface area contributed by atoms with Crippen LogP contribution in [0.4, 0.5) is 0 Å². The molecule has 0 bridgehead atoms. The Hall–Kier alpha value is -1.87. The van der Waals surface area contributed by atoms with E-state index in [-0.39, 0.29) is 6.61 Å². The third kappa shape index (κ3) is 1.68. The minimum atomic E-state index is 0.0221. The highest BCUT2D eigenvalue weighted by Crippen LogP contribution is 2.27. The number of aryl methyl sites for hydroxylation is 1. The fourth-order valence-corrected chi connectivity index (χ4v) is 2.60. The van der Waals surface area contributed by atoms with Gasteiger partial charge in [-0.1, -0.05) is 18.2 Å². The summed E-state index contributed by atoms with van der Waals surface area (Å²) < 4.78 is 2.10. The summed E-state index contributed by atoms with van der Waals surface area (Å²) >= 11 is 0. The van der Waals surface area contributed by atoms with Crippen LogP contribution in [0, 0.1) is 0 Å². The van der Waals surface area contributed by atoms with Crippen molar-refractivity contribution in [2.45, 2.75) is 26.4 Å². The summed E-state index contributed by atoms with van der Waals surface area (Å²) in [7, 11) is 0. The summed E-state index contributed by atoms with van der Waals surface area (Å²) in [5.74, 6) is 0. The van der Waals surface area contributed by atoms with Crippen molar-refractivity contribution >= 4 is 6.08 Å². The zero-order valence-electron chi connectivity index (χ0n) is 10.4. The van der Waals surface area contributed by atoms with E-state index in [9.17, 15) is 5.11 Å². The number of nitrogens with zero attached hydrogens (tertiary/aromatic N) is 2. The van der Waals surface area contributed by atoms with Gasteiger partial charge in [0.05, 0.1) is 24.3 Å². The Labute approximate surface area is 106 Å². The molecule has 0 spiro atoms. The summed E-state index contributed by atoms with van der Waals surface area (Å²) in [6.07, 6.45) is 7.94. The van der Waals surface area contributed by atoms with Gasteiger partial charge in [-0.15, -0.1) is 0 Å². The number of allylic oxidation sites excluding steroid dienone is 1. The van der Waals surface area contributed by atoms with E-state index >= 15 is 0 Å². The van der Waals surface area contributed by atoms with Gasteiger partial charge in [-0.25, -0.2) is 4.98 Å². The molecule has 0 unspecified atom stereocenters. The number of imidazole rings is 1. The molecule has 3 rings (SSSR count). The highest BCUT2D eigenvalue weighted by atomic mass is 16.3. The van der Waals surface area contributed by atoms with Gasteiger partial charge in [0, 0.05) is 5.69 Å². The van der Waals surface area contributed by atoms with Gasteiger partial charge in [0.15, 0.2) is 0 Å². The van der Waals surface area contributed by atoms with Gasteiger partial charge in [0.2, 0.25) is 0 Å². The number of rotatable bonds is 2. The van der Waals surface area contributed by atoms with Crippen molar-refractivity contribution in [1.29, 1.82) is 0 Å². The molecule has 2 heterocycles. The number of benzene rings is 1. The molecule has 3 heteroatoms. The first-order valence-corrected chi connectivity index (χ1v) is 6.25. The van der Waals surface area contributed by atoms with Gasteiger partial charge >= 0.3 is 0 Å². The third-order valence-corrected chi connectivity index (χ3v) is 3.46. The number of aliphatic hydroxyl groups excluding tert-OH is 1. The fourth-order valence-electron chi connectivity index (χ4n) is 2.60. The van der Waals surface area contributed by atoms with Gasteiger partial charge in [-0.2, -0.15) is 0 Å². The average Bonchev–Trinajstić information content (AvgIpc) is 2.82. The van der Waals surface area contributed by atoms with Crippen LogP contribution in [0.1, 0.15) is 29.4 Å². The Bertz CT molecular complexity index is 611. The Morgan fingerprint density at radius 1 is 1.39 bits per heavy atom. The molecule has 0 aliphatic carbocycles. The molecule has 1 N–H and O–H groups in total. The highest BCUT2D eigenvalue weighted by molar-refractivity contribution is 5.56. The molecule has 3 nitrogen and oxygen atoms in total. The van der Waals surface area contributed by atoms with Crippen molar-refractivity contribution in [2.75, 3.05) is 0 Å². The summed E-state index contributed by atoms with van der Waals surface area (Å²) in [5.41, 5.74) is 5.72. The maximum absolute atomic E-state index is 9.26. The topological polar surface area (TPSA) is 38.1 Å². The molecule has 0 saturated carbocycles. The molecule has 1 aliphatic rings. The van der Waals surface area contributed by atoms with Crippen molar-refractivity contribution in [3.05, 3.63) is 53.1 Å². The van der Waals surface area contributed by atoms with Crippen LogP contribution < -0.4 is 0 Å². The fraction of sp³-hybridized carbons (Fsp3) is 0.267. The van der Waals surface area contributed by atoms with Crippen LogP contribution in [0.2, 0.25) is 0 Å². The SMILES string of the molecule is CC=Cc1ccc2c(c1)CCc1c(CO)ncn1-2. The van der Waals surface area contributed by atoms with E-state index in [0.29, 0.717) is 0 Å². The van der Waals surface area contributed by atoms with Crippen LogP contribution in [0.15, 0.2) is 30.6 Å². The number of hydrogen-bond acceptors (Lipinski definition) is 2. The monoisotopic (exact) mass is 240 g/mol. The normalized spacial score (nSPS) is 13.7. The lowest BCUT2D eigenvalue weighted by atomic mass is 9.98.